The summed E-state index contributed by atoms with van der Waals surface area (Å²) in [4.78, 5) is 25.3. The van der Waals surface area contributed by atoms with Gasteiger partial charge in [0.25, 0.3) is 0 Å². The Kier molecular flexibility index (Phi) is 4.97. The van der Waals surface area contributed by atoms with Crippen molar-refractivity contribution in [2.75, 3.05) is 19.6 Å². The number of carbonyl (C=O) groups excluding carboxylic acids is 1. The highest BCUT2D eigenvalue weighted by Crippen LogP contribution is 2.17. The molecule has 1 amide bonds. The van der Waals surface area contributed by atoms with Crippen LogP contribution in [0.2, 0.25) is 0 Å². The first-order valence-corrected chi connectivity index (χ1v) is 9.03. The van der Waals surface area contributed by atoms with Crippen LogP contribution in [-0.4, -0.2) is 55.0 Å². The second-order valence-corrected chi connectivity index (χ2v) is 6.67. The van der Waals surface area contributed by atoms with E-state index in [-0.39, 0.29) is 5.91 Å². The van der Waals surface area contributed by atoms with Gasteiger partial charge in [0.15, 0.2) is 0 Å². The number of hydrogen-bond acceptors (Lipinski definition) is 6. The second kappa shape index (κ2) is 7.71. The van der Waals surface area contributed by atoms with Crippen LogP contribution in [-0.2, 0) is 24.9 Å². The maximum absolute atomic E-state index is 12.5. The van der Waals surface area contributed by atoms with E-state index in [1.54, 1.807) is 11.1 Å². The standard InChI is InChI=1S/C19H22N6O2/c1-23-10-8-20-16(23)13-24-9-7-18(26)25(12-11-24)14-17-21-19(22-27-17)15-5-3-2-4-6-15/h2-6,8,10H,7,9,11-14H2,1H3. The molecule has 0 N–H and O–H groups in total. The van der Waals surface area contributed by atoms with Gasteiger partial charge in [-0.15, -0.1) is 0 Å². The van der Waals surface area contributed by atoms with Crippen molar-refractivity contribution in [2.45, 2.75) is 19.5 Å². The van der Waals surface area contributed by atoms with Gasteiger partial charge in [0.2, 0.25) is 17.6 Å². The summed E-state index contributed by atoms with van der Waals surface area (Å²) >= 11 is 0. The van der Waals surface area contributed by atoms with E-state index in [0.29, 0.717) is 31.2 Å². The van der Waals surface area contributed by atoms with E-state index in [1.165, 1.54) is 0 Å². The van der Waals surface area contributed by atoms with Gasteiger partial charge in [0.1, 0.15) is 12.4 Å². The number of hydrogen-bond donors (Lipinski definition) is 0. The first kappa shape index (κ1) is 17.4. The van der Waals surface area contributed by atoms with E-state index in [2.05, 4.69) is 20.0 Å². The fraction of sp³-hybridized carbons (Fsp3) is 0.368. The lowest BCUT2D eigenvalue weighted by Crippen LogP contribution is -2.33. The molecule has 2 aromatic heterocycles. The lowest BCUT2D eigenvalue weighted by molar-refractivity contribution is -0.131. The molecule has 8 nitrogen and oxygen atoms in total. The quantitative estimate of drug-likeness (QED) is 0.684. The summed E-state index contributed by atoms with van der Waals surface area (Å²) in [7, 11) is 1.98. The number of aryl methyl sites for hydroxylation is 1. The fourth-order valence-electron chi connectivity index (χ4n) is 3.17. The van der Waals surface area contributed by atoms with Crippen LogP contribution in [0.1, 0.15) is 18.1 Å². The summed E-state index contributed by atoms with van der Waals surface area (Å²) in [5, 5.41) is 4.03. The van der Waals surface area contributed by atoms with Crippen molar-refractivity contribution in [3.63, 3.8) is 0 Å². The van der Waals surface area contributed by atoms with Crippen LogP contribution in [0.3, 0.4) is 0 Å². The van der Waals surface area contributed by atoms with Gasteiger partial charge in [-0.3, -0.25) is 9.69 Å². The van der Waals surface area contributed by atoms with Gasteiger partial charge >= 0.3 is 0 Å². The first-order chi connectivity index (χ1) is 13.2. The molecular formula is C19H22N6O2. The van der Waals surface area contributed by atoms with Gasteiger partial charge in [-0.05, 0) is 0 Å². The van der Waals surface area contributed by atoms with Crippen molar-refractivity contribution < 1.29 is 9.32 Å². The normalized spacial score (nSPS) is 15.9. The minimum absolute atomic E-state index is 0.108. The average Bonchev–Trinajstić information content (AvgIpc) is 3.28. The van der Waals surface area contributed by atoms with E-state index in [9.17, 15) is 4.79 Å². The number of carbonyl (C=O) groups is 1. The molecule has 140 valence electrons. The zero-order chi connectivity index (χ0) is 18.6. The molecule has 0 spiro atoms. The van der Waals surface area contributed by atoms with Crippen LogP contribution < -0.4 is 0 Å². The lowest BCUT2D eigenvalue weighted by atomic mass is 10.2. The maximum Gasteiger partial charge on any atom is 0.246 e. The fourth-order valence-corrected chi connectivity index (χ4v) is 3.17. The van der Waals surface area contributed by atoms with E-state index in [1.807, 2.05) is 48.1 Å². The number of imidazole rings is 1. The Morgan fingerprint density at radius 3 is 2.74 bits per heavy atom. The zero-order valence-electron chi connectivity index (χ0n) is 15.3. The Morgan fingerprint density at radius 2 is 1.96 bits per heavy atom. The highest BCUT2D eigenvalue weighted by Gasteiger charge is 2.23. The number of aromatic nitrogens is 4. The van der Waals surface area contributed by atoms with Crippen molar-refractivity contribution in [3.8, 4) is 11.4 Å². The minimum Gasteiger partial charge on any atom is -0.337 e. The molecule has 3 heterocycles. The van der Waals surface area contributed by atoms with Crippen molar-refractivity contribution in [1.29, 1.82) is 0 Å². The lowest BCUT2D eigenvalue weighted by Gasteiger charge is -2.20. The highest BCUT2D eigenvalue weighted by molar-refractivity contribution is 5.76. The van der Waals surface area contributed by atoms with E-state index in [0.717, 1.165) is 31.0 Å². The molecule has 27 heavy (non-hydrogen) atoms. The Hall–Kier alpha value is -3.00. The van der Waals surface area contributed by atoms with Gasteiger partial charge in [-0.2, -0.15) is 4.98 Å². The van der Waals surface area contributed by atoms with Crippen LogP contribution in [0.25, 0.3) is 11.4 Å². The molecule has 0 saturated carbocycles. The minimum atomic E-state index is 0.108. The van der Waals surface area contributed by atoms with Crippen LogP contribution in [0.4, 0.5) is 0 Å². The molecule has 0 aliphatic carbocycles. The molecule has 1 fully saturated rings. The summed E-state index contributed by atoms with van der Waals surface area (Å²) in [6.45, 7) is 3.23. The largest absolute Gasteiger partial charge is 0.337 e. The smallest absolute Gasteiger partial charge is 0.246 e. The summed E-state index contributed by atoms with van der Waals surface area (Å²) in [5.74, 6) is 2.11. The third-order valence-corrected chi connectivity index (χ3v) is 4.79. The molecule has 4 rings (SSSR count). The van der Waals surface area contributed by atoms with E-state index in [4.69, 9.17) is 4.52 Å². The van der Waals surface area contributed by atoms with E-state index < -0.39 is 0 Å². The average molecular weight is 366 g/mol. The van der Waals surface area contributed by atoms with Gasteiger partial charge in [0.05, 0.1) is 6.54 Å². The first-order valence-electron chi connectivity index (χ1n) is 9.03. The highest BCUT2D eigenvalue weighted by atomic mass is 16.5. The van der Waals surface area contributed by atoms with Crippen LogP contribution in [0.5, 0.6) is 0 Å². The second-order valence-electron chi connectivity index (χ2n) is 6.67. The molecule has 0 radical (unpaired) electrons. The monoisotopic (exact) mass is 366 g/mol. The zero-order valence-corrected chi connectivity index (χ0v) is 15.3. The molecule has 1 saturated heterocycles. The summed E-state index contributed by atoms with van der Waals surface area (Å²) < 4.78 is 7.36. The Bertz CT molecular complexity index is 904. The Morgan fingerprint density at radius 1 is 1.11 bits per heavy atom. The molecule has 0 bridgehead atoms. The third kappa shape index (κ3) is 4.06. The predicted molar refractivity (Wildman–Crippen MR) is 98.3 cm³/mol. The summed E-state index contributed by atoms with van der Waals surface area (Å²) in [6, 6.07) is 9.67. The topological polar surface area (TPSA) is 80.3 Å². The molecular weight excluding hydrogens is 344 g/mol. The molecule has 3 aromatic rings. The van der Waals surface area contributed by atoms with Crippen molar-refractivity contribution in [3.05, 3.63) is 54.4 Å². The van der Waals surface area contributed by atoms with Crippen molar-refractivity contribution in [2.24, 2.45) is 7.05 Å². The molecule has 0 unspecified atom stereocenters. The number of rotatable bonds is 5. The van der Waals surface area contributed by atoms with Crippen LogP contribution in [0, 0.1) is 0 Å². The molecule has 1 aromatic carbocycles. The Balaban J connectivity index is 1.39. The van der Waals surface area contributed by atoms with Crippen molar-refractivity contribution >= 4 is 5.91 Å². The van der Waals surface area contributed by atoms with Gasteiger partial charge in [0, 0.05) is 51.1 Å². The SMILES string of the molecule is Cn1ccnc1CN1CCC(=O)N(Cc2nc(-c3ccccc3)no2)CC1. The molecule has 1 aliphatic rings. The number of benzene rings is 1. The van der Waals surface area contributed by atoms with Crippen LogP contribution in [0.15, 0.2) is 47.2 Å². The maximum atomic E-state index is 12.5. The molecule has 0 atom stereocenters. The Labute approximate surface area is 157 Å². The number of amides is 1. The predicted octanol–water partition coefficient (Wildman–Crippen LogP) is 1.70. The number of nitrogens with zero attached hydrogens (tertiary/aromatic N) is 6. The van der Waals surface area contributed by atoms with Gasteiger partial charge in [-0.1, -0.05) is 35.5 Å². The molecule has 1 aliphatic heterocycles. The third-order valence-electron chi connectivity index (χ3n) is 4.79. The summed E-state index contributed by atoms with van der Waals surface area (Å²) in [6.07, 6.45) is 4.21. The van der Waals surface area contributed by atoms with Crippen molar-refractivity contribution in [1.82, 2.24) is 29.5 Å². The summed E-state index contributed by atoms with van der Waals surface area (Å²) in [5.41, 5.74) is 0.899. The van der Waals surface area contributed by atoms with Crippen LogP contribution >= 0.6 is 0 Å². The molecule has 8 heteroatoms. The van der Waals surface area contributed by atoms with E-state index >= 15 is 0 Å². The van der Waals surface area contributed by atoms with Gasteiger partial charge < -0.3 is 14.0 Å². The van der Waals surface area contributed by atoms with Gasteiger partial charge in [-0.25, -0.2) is 4.98 Å².